The highest BCUT2D eigenvalue weighted by atomic mass is 32.2. The minimum Gasteiger partial charge on any atom is -0.462 e. The molecule has 0 aromatic heterocycles. The van der Waals surface area contributed by atoms with Crippen LogP contribution in [0.15, 0.2) is 24.3 Å². The Balaban J connectivity index is 2.49. The highest BCUT2D eigenvalue weighted by molar-refractivity contribution is 7.97. The van der Waals surface area contributed by atoms with Gasteiger partial charge in [-0.15, -0.1) is 0 Å². The van der Waals surface area contributed by atoms with Crippen molar-refractivity contribution in [2.45, 2.75) is 25.5 Å². The molecule has 0 amide bonds. The van der Waals surface area contributed by atoms with E-state index in [9.17, 15) is 4.79 Å². The molecule has 0 heterocycles. The van der Waals surface area contributed by atoms with Gasteiger partial charge in [-0.1, -0.05) is 25.5 Å². The Bertz CT molecular complexity index is 319. The molecule has 0 bridgehead atoms. The largest absolute Gasteiger partial charge is 0.462 e. The van der Waals surface area contributed by atoms with Gasteiger partial charge in [0, 0.05) is 5.75 Å². The standard InChI is InChI=1S/C13H18O2S/c1-3-4-9-15-13(14)12-7-5-11(6-8-12)10-16-2/h5-8H,3-4,9-10H2,1-2H3. The molecule has 0 unspecified atom stereocenters. The molecule has 16 heavy (non-hydrogen) atoms. The van der Waals surface area contributed by atoms with E-state index in [0.717, 1.165) is 18.6 Å². The van der Waals surface area contributed by atoms with Gasteiger partial charge in [0.05, 0.1) is 12.2 Å². The van der Waals surface area contributed by atoms with Crippen LogP contribution in [0, 0.1) is 0 Å². The first-order valence-electron chi connectivity index (χ1n) is 5.53. The number of unbranched alkanes of at least 4 members (excludes halogenated alkanes) is 1. The maximum absolute atomic E-state index is 11.6. The van der Waals surface area contributed by atoms with Crippen molar-refractivity contribution in [1.29, 1.82) is 0 Å². The van der Waals surface area contributed by atoms with Crippen LogP contribution >= 0.6 is 11.8 Å². The van der Waals surface area contributed by atoms with Gasteiger partial charge in [-0.2, -0.15) is 11.8 Å². The molecular formula is C13H18O2S. The Kier molecular flexibility index (Phi) is 6.01. The molecule has 88 valence electrons. The molecule has 0 spiro atoms. The van der Waals surface area contributed by atoms with Crippen LogP contribution in [0.4, 0.5) is 0 Å². The summed E-state index contributed by atoms with van der Waals surface area (Å²) in [6.45, 7) is 2.59. The maximum atomic E-state index is 11.6. The Labute approximate surface area is 101 Å². The van der Waals surface area contributed by atoms with Gasteiger partial charge in [-0.25, -0.2) is 4.79 Å². The normalized spacial score (nSPS) is 10.1. The molecule has 0 aliphatic heterocycles. The van der Waals surface area contributed by atoms with E-state index in [2.05, 4.69) is 13.2 Å². The molecular weight excluding hydrogens is 220 g/mol. The van der Waals surface area contributed by atoms with Crippen molar-refractivity contribution in [2.24, 2.45) is 0 Å². The SMILES string of the molecule is CCCCOC(=O)c1ccc(CSC)cc1. The third-order valence-electron chi connectivity index (χ3n) is 2.23. The van der Waals surface area contributed by atoms with E-state index in [0.29, 0.717) is 12.2 Å². The number of rotatable bonds is 6. The smallest absolute Gasteiger partial charge is 0.338 e. The summed E-state index contributed by atoms with van der Waals surface area (Å²) in [5.41, 5.74) is 1.87. The number of esters is 1. The summed E-state index contributed by atoms with van der Waals surface area (Å²) in [6.07, 6.45) is 4.03. The first kappa shape index (κ1) is 13.1. The first-order chi connectivity index (χ1) is 7.77. The molecule has 3 heteroatoms. The minimum atomic E-state index is -0.218. The molecule has 2 nitrogen and oxygen atoms in total. The van der Waals surface area contributed by atoms with Crippen LogP contribution in [0.1, 0.15) is 35.7 Å². The maximum Gasteiger partial charge on any atom is 0.338 e. The highest BCUT2D eigenvalue weighted by Gasteiger charge is 2.05. The Morgan fingerprint density at radius 3 is 2.56 bits per heavy atom. The fourth-order valence-electron chi connectivity index (χ4n) is 1.30. The number of benzene rings is 1. The lowest BCUT2D eigenvalue weighted by Gasteiger charge is -2.04. The van der Waals surface area contributed by atoms with E-state index in [4.69, 9.17) is 4.74 Å². The molecule has 1 aromatic rings. The monoisotopic (exact) mass is 238 g/mol. The molecule has 0 fully saturated rings. The number of carbonyl (C=O) groups is 1. The number of carbonyl (C=O) groups excluding carboxylic acids is 1. The summed E-state index contributed by atoms with van der Waals surface area (Å²) < 4.78 is 5.12. The van der Waals surface area contributed by atoms with Gasteiger partial charge in [0.1, 0.15) is 0 Å². The van der Waals surface area contributed by atoms with Crippen LogP contribution in [0.25, 0.3) is 0 Å². The fraction of sp³-hybridized carbons (Fsp3) is 0.462. The van der Waals surface area contributed by atoms with Crippen LogP contribution < -0.4 is 0 Å². The van der Waals surface area contributed by atoms with E-state index >= 15 is 0 Å². The summed E-state index contributed by atoms with van der Waals surface area (Å²) in [6, 6.07) is 7.62. The van der Waals surface area contributed by atoms with Gasteiger partial charge in [-0.3, -0.25) is 0 Å². The van der Waals surface area contributed by atoms with Crippen LogP contribution in [-0.4, -0.2) is 18.8 Å². The van der Waals surface area contributed by atoms with E-state index in [1.807, 2.05) is 24.3 Å². The van der Waals surface area contributed by atoms with Crippen molar-refractivity contribution in [3.63, 3.8) is 0 Å². The quantitative estimate of drug-likeness (QED) is 0.560. The molecule has 0 N–H and O–H groups in total. The molecule has 0 atom stereocenters. The Morgan fingerprint density at radius 1 is 1.31 bits per heavy atom. The molecule has 0 radical (unpaired) electrons. The van der Waals surface area contributed by atoms with Gasteiger partial charge in [0.25, 0.3) is 0 Å². The van der Waals surface area contributed by atoms with Crippen molar-refractivity contribution < 1.29 is 9.53 Å². The Morgan fingerprint density at radius 2 is 2.00 bits per heavy atom. The zero-order chi connectivity index (χ0) is 11.8. The summed E-state index contributed by atoms with van der Waals surface area (Å²) in [7, 11) is 0. The van der Waals surface area contributed by atoms with Crippen molar-refractivity contribution in [2.75, 3.05) is 12.9 Å². The van der Waals surface area contributed by atoms with Crippen molar-refractivity contribution >= 4 is 17.7 Å². The predicted octanol–water partition coefficient (Wildman–Crippen LogP) is 3.51. The topological polar surface area (TPSA) is 26.3 Å². The van der Waals surface area contributed by atoms with Gasteiger partial charge in [-0.05, 0) is 30.4 Å². The van der Waals surface area contributed by atoms with E-state index in [-0.39, 0.29) is 5.97 Å². The van der Waals surface area contributed by atoms with E-state index in [1.54, 1.807) is 11.8 Å². The fourth-order valence-corrected chi connectivity index (χ4v) is 1.82. The first-order valence-corrected chi connectivity index (χ1v) is 6.92. The van der Waals surface area contributed by atoms with Crippen LogP contribution in [0.3, 0.4) is 0 Å². The van der Waals surface area contributed by atoms with Gasteiger partial charge < -0.3 is 4.74 Å². The molecule has 0 saturated heterocycles. The van der Waals surface area contributed by atoms with Crippen LogP contribution in [-0.2, 0) is 10.5 Å². The summed E-state index contributed by atoms with van der Waals surface area (Å²) >= 11 is 1.77. The summed E-state index contributed by atoms with van der Waals surface area (Å²) in [5.74, 6) is 0.759. The molecule has 1 aromatic carbocycles. The lowest BCUT2D eigenvalue weighted by atomic mass is 10.1. The van der Waals surface area contributed by atoms with Gasteiger partial charge in [0.2, 0.25) is 0 Å². The van der Waals surface area contributed by atoms with Crippen LogP contribution in [0.5, 0.6) is 0 Å². The number of ether oxygens (including phenoxy) is 1. The Hall–Kier alpha value is -0.960. The second kappa shape index (κ2) is 7.34. The molecule has 0 aliphatic carbocycles. The average molecular weight is 238 g/mol. The third kappa shape index (κ3) is 4.27. The number of hydrogen-bond donors (Lipinski definition) is 0. The highest BCUT2D eigenvalue weighted by Crippen LogP contribution is 2.11. The summed E-state index contributed by atoms with van der Waals surface area (Å²) in [4.78, 5) is 11.6. The lowest BCUT2D eigenvalue weighted by Crippen LogP contribution is -2.06. The van der Waals surface area contributed by atoms with Gasteiger partial charge >= 0.3 is 5.97 Å². The molecule has 1 rings (SSSR count). The van der Waals surface area contributed by atoms with Crippen molar-refractivity contribution in [3.05, 3.63) is 35.4 Å². The second-order valence-corrected chi connectivity index (χ2v) is 4.49. The van der Waals surface area contributed by atoms with Crippen molar-refractivity contribution in [1.82, 2.24) is 0 Å². The zero-order valence-corrected chi connectivity index (χ0v) is 10.7. The second-order valence-electron chi connectivity index (χ2n) is 3.62. The third-order valence-corrected chi connectivity index (χ3v) is 2.85. The van der Waals surface area contributed by atoms with Gasteiger partial charge in [0.15, 0.2) is 0 Å². The lowest BCUT2D eigenvalue weighted by molar-refractivity contribution is 0.0500. The minimum absolute atomic E-state index is 0.218. The molecule has 0 aliphatic rings. The predicted molar refractivity (Wildman–Crippen MR) is 68.9 cm³/mol. The van der Waals surface area contributed by atoms with E-state index in [1.165, 1.54) is 5.56 Å². The van der Waals surface area contributed by atoms with Crippen molar-refractivity contribution in [3.8, 4) is 0 Å². The molecule has 0 saturated carbocycles. The van der Waals surface area contributed by atoms with Crippen LogP contribution in [0.2, 0.25) is 0 Å². The summed E-state index contributed by atoms with van der Waals surface area (Å²) in [5, 5.41) is 0. The average Bonchev–Trinajstić information content (AvgIpc) is 2.30. The zero-order valence-electron chi connectivity index (χ0n) is 9.86. The van der Waals surface area contributed by atoms with E-state index < -0.39 is 0 Å². The number of thioether (sulfide) groups is 1. The number of hydrogen-bond acceptors (Lipinski definition) is 3.